The fraction of sp³-hybridized carbons (Fsp3) is 0.889. The first-order valence-electron chi connectivity index (χ1n) is 26.6. The van der Waals surface area contributed by atoms with Gasteiger partial charge in [0.05, 0.1) is 25.4 Å². The Hall–Kier alpha value is -1.66. The van der Waals surface area contributed by atoms with E-state index >= 15 is 0 Å². The molecule has 0 aromatic heterocycles. The molecule has 0 saturated heterocycles. The molecule has 354 valence electrons. The van der Waals surface area contributed by atoms with E-state index in [1.807, 2.05) is 0 Å². The Balaban J connectivity index is 3.51. The summed E-state index contributed by atoms with van der Waals surface area (Å²) in [5, 5.41) is 23.3. The van der Waals surface area contributed by atoms with E-state index in [2.05, 4.69) is 43.5 Å². The smallest absolute Gasteiger partial charge is 0.305 e. The van der Waals surface area contributed by atoms with Crippen LogP contribution >= 0.6 is 0 Å². The fourth-order valence-corrected chi connectivity index (χ4v) is 8.08. The molecule has 0 fully saturated rings. The van der Waals surface area contributed by atoms with E-state index in [0.29, 0.717) is 25.9 Å². The van der Waals surface area contributed by atoms with Gasteiger partial charge in [-0.25, -0.2) is 0 Å². The van der Waals surface area contributed by atoms with Crippen LogP contribution in [0.5, 0.6) is 0 Å². The minimum atomic E-state index is -0.682. The van der Waals surface area contributed by atoms with Gasteiger partial charge in [-0.1, -0.05) is 224 Å². The van der Waals surface area contributed by atoms with Crippen molar-refractivity contribution in [1.29, 1.82) is 0 Å². The van der Waals surface area contributed by atoms with Crippen molar-refractivity contribution in [3.63, 3.8) is 0 Å². The van der Waals surface area contributed by atoms with Gasteiger partial charge in [-0.05, 0) is 70.6 Å². The van der Waals surface area contributed by atoms with E-state index < -0.39 is 12.1 Å². The number of esters is 1. The second-order valence-corrected chi connectivity index (χ2v) is 18.2. The van der Waals surface area contributed by atoms with Crippen LogP contribution in [0, 0.1) is 0 Å². The highest BCUT2D eigenvalue weighted by atomic mass is 16.5. The molecule has 6 heteroatoms. The third-order valence-corrected chi connectivity index (χ3v) is 12.2. The summed E-state index contributed by atoms with van der Waals surface area (Å²) in [6.45, 7) is 4.88. The van der Waals surface area contributed by atoms with E-state index in [-0.39, 0.29) is 18.5 Å². The van der Waals surface area contributed by atoms with Crippen molar-refractivity contribution in [2.24, 2.45) is 0 Å². The van der Waals surface area contributed by atoms with Crippen molar-refractivity contribution >= 4 is 11.9 Å². The Kier molecular flexibility index (Phi) is 48.6. The Morgan fingerprint density at radius 3 is 1.25 bits per heavy atom. The molecule has 0 saturated carbocycles. The molecule has 0 aliphatic carbocycles. The number of amides is 1. The first kappa shape index (κ1) is 58.3. The maximum Gasteiger partial charge on any atom is 0.305 e. The number of aliphatic hydroxyl groups is 2. The van der Waals surface area contributed by atoms with Crippen LogP contribution in [0.1, 0.15) is 284 Å². The summed E-state index contributed by atoms with van der Waals surface area (Å²) in [6, 6.07) is -0.562. The number of allylic oxidation sites excluding steroid dienone is 4. The van der Waals surface area contributed by atoms with Crippen LogP contribution in [0.2, 0.25) is 0 Å². The SMILES string of the molecule is CCCC/C=C\CCCCCCCC(=O)OCCCCCCCC/C=C\CCCCCC(=O)NC(CO)C(O)CCCCCCCCCCCCCCCCCCCCC. The number of hydrogen-bond donors (Lipinski definition) is 3. The number of unbranched alkanes of at least 4 members (excludes halogenated alkanes) is 34. The molecule has 2 atom stereocenters. The van der Waals surface area contributed by atoms with Gasteiger partial charge in [0.2, 0.25) is 5.91 Å². The van der Waals surface area contributed by atoms with Gasteiger partial charge in [0.25, 0.3) is 0 Å². The lowest BCUT2D eigenvalue weighted by molar-refractivity contribution is -0.143. The molecule has 0 bridgehead atoms. The number of carbonyl (C=O) groups excluding carboxylic acids is 2. The molecule has 60 heavy (non-hydrogen) atoms. The molecule has 1 amide bonds. The van der Waals surface area contributed by atoms with Gasteiger partial charge in [0, 0.05) is 12.8 Å². The number of carbonyl (C=O) groups is 2. The largest absolute Gasteiger partial charge is 0.466 e. The molecule has 0 aromatic carbocycles. The molecule has 0 radical (unpaired) electrons. The lowest BCUT2D eigenvalue weighted by Gasteiger charge is -2.22. The summed E-state index contributed by atoms with van der Waals surface area (Å²) in [7, 11) is 0. The summed E-state index contributed by atoms with van der Waals surface area (Å²) >= 11 is 0. The molecule has 0 heterocycles. The topological polar surface area (TPSA) is 95.9 Å². The van der Waals surface area contributed by atoms with Crippen molar-refractivity contribution in [2.45, 2.75) is 296 Å². The van der Waals surface area contributed by atoms with Crippen molar-refractivity contribution < 1.29 is 24.5 Å². The van der Waals surface area contributed by atoms with E-state index in [9.17, 15) is 19.8 Å². The van der Waals surface area contributed by atoms with Crippen LogP contribution in [0.3, 0.4) is 0 Å². The van der Waals surface area contributed by atoms with Crippen molar-refractivity contribution in [2.75, 3.05) is 13.2 Å². The number of rotatable bonds is 49. The Bertz CT molecular complexity index is 935. The second kappa shape index (κ2) is 50.0. The minimum Gasteiger partial charge on any atom is -0.466 e. The normalized spacial score (nSPS) is 12.8. The minimum absolute atomic E-state index is 0.0235. The number of ether oxygens (including phenoxy) is 1. The first-order chi connectivity index (χ1) is 29.5. The predicted molar refractivity (Wildman–Crippen MR) is 260 cm³/mol. The average Bonchev–Trinajstić information content (AvgIpc) is 3.25. The van der Waals surface area contributed by atoms with Gasteiger partial charge >= 0.3 is 5.97 Å². The highest BCUT2D eigenvalue weighted by Gasteiger charge is 2.20. The summed E-state index contributed by atoms with van der Waals surface area (Å²) < 4.78 is 5.43. The standard InChI is InChI=1S/C54H103NO5/c1-3-5-7-9-11-13-15-16-17-18-19-20-21-23-27-30-34-38-42-46-52(57)51(50-56)55-53(58)47-43-39-35-31-28-24-22-25-29-33-37-41-45-49-60-54(59)48-44-40-36-32-26-14-12-10-8-6-4-2/h10,12,24,28,51-52,56-57H,3-9,11,13-23,25-27,29-50H2,1-2H3,(H,55,58)/b12-10-,28-24-. The summed E-state index contributed by atoms with van der Waals surface area (Å²) in [6.07, 6.45) is 58.7. The molecule has 0 aliphatic rings. The lowest BCUT2D eigenvalue weighted by Crippen LogP contribution is -2.45. The van der Waals surface area contributed by atoms with Gasteiger partial charge in [-0.2, -0.15) is 0 Å². The van der Waals surface area contributed by atoms with Crippen LogP contribution in [-0.2, 0) is 14.3 Å². The molecule has 0 aromatic rings. The lowest BCUT2D eigenvalue weighted by atomic mass is 10.0. The van der Waals surface area contributed by atoms with Crippen molar-refractivity contribution in [3.05, 3.63) is 24.3 Å². The van der Waals surface area contributed by atoms with E-state index in [1.54, 1.807) is 0 Å². The Morgan fingerprint density at radius 2 is 0.800 bits per heavy atom. The Labute approximate surface area is 373 Å². The zero-order valence-electron chi connectivity index (χ0n) is 40.2. The molecule has 3 N–H and O–H groups in total. The zero-order chi connectivity index (χ0) is 43.7. The van der Waals surface area contributed by atoms with Crippen molar-refractivity contribution in [3.8, 4) is 0 Å². The Morgan fingerprint density at radius 1 is 0.450 bits per heavy atom. The van der Waals surface area contributed by atoms with Crippen molar-refractivity contribution in [1.82, 2.24) is 5.32 Å². The molecular formula is C54H103NO5. The quantitative estimate of drug-likeness (QED) is 0.0322. The van der Waals surface area contributed by atoms with Gasteiger partial charge in [-0.15, -0.1) is 0 Å². The van der Waals surface area contributed by atoms with E-state index in [0.717, 1.165) is 70.6 Å². The van der Waals surface area contributed by atoms with Crippen LogP contribution in [0.15, 0.2) is 24.3 Å². The summed E-state index contributed by atoms with van der Waals surface area (Å²) in [4.78, 5) is 24.4. The second-order valence-electron chi connectivity index (χ2n) is 18.2. The molecule has 6 nitrogen and oxygen atoms in total. The van der Waals surface area contributed by atoms with E-state index in [4.69, 9.17) is 4.74 Å². The molecule has 0 rings (SSSR count). The predicted octanol–water partition coefficient (Wildman–Crippen LogP) is 15.9. The van der Waals surface area contributed by atoms with E-state index in [1.165, 1.54) is 180 Å². The number of hydrogen-bond acceptors (Lipinski definition) is 5. The maximum atomic E-state index is 12.5. The maximum absolute atomic E-state index is 12.5. The van der Waals surface area contributed by atoms with Gasteiger partial charge in [-0.3, -0.25) is 9.59 Å². The van der Waals surface area contributed by atoms with Crippen LogP contribution in [0.4, 0.5) is 0 Å². The number of aliphatic hydroxyl groups excluding tert-OH is 2. The number of nitrogens with one attached hydrogen (secondary N) is 1. The zero-order valence-corrected chi connectivity index (χ0v) is 40.2. The molecule has 0 aliphatic heterocycles. The van der Waals surface area contributed by atoms with Crippen LogP contribution < -0.4 is 5.32 Å². The first-order valence-corrected chi connectivity index (χ1v) is 26.6. The van der Waals surface area contributed by atoms with Gasteiger partial charge in [0.1, 0.15) is 0 Å². The molecule has 2 unspecified atom stereocenters. The van der Waals surface area contributed by atoms with Gasteiger partial charge in [0.15, 0.2) is 0 Å². The fourth-order valence-electron chi connectivity index (χ4n) is 8.08. The highest BCUT2D eigenvalue weighted by molar-refractivity contribution is 5.76. The summed E-state index contributed by atoms with van der Waals surface area (Å²) in [5.41, 5.74) is 0. The third kappa shape index (κ3) is 45.9. The van der Waals surface area contributed by atoms with Crippen LogP contribution in [-0.4, -0.2) is 47.4 Å². The highest BCUT2D eigenvalue weighted by Crippen LogP contribution is 2.16. The third-order valence-electron chi connectivity index (χ3n) is 12.2. The summed E-state index contributed by atoms with van der Waals surface area (Å²) in [5.74, 6) is -0.0873. The monoisotopic (exact) mass is 846 g/mol. The van der Waals surface area contributed by atoms with Gasteiger partial charge < -0.3 is 20.3 Å². The average molecular weight is 846 g/mol. The molecular weight excluding hydrogens is 743 g/mol. The van der Waals surface area contributed by atoms with Crippen LogP contribution in [0.25, 0.3) is 0 Å². The molecule has 0 spiro atoms.